The van der Waals surface area contributed by atoms with Crippen LogP contribution in [-0.4, -0.2) is 51.3 Å². The fraction of sp³-hybridized carbons (Fsp3) is 0.333. The Kier molecular flexibility index (Phi) is 7.01. The van der Waals surface area contributed by atoms with Gasteiger partial charge in [-0.15, -0.1) is 0 Å². The van der Waals surface area contributed by atoms with E-state index in [2.05, 4.69) is 0 Å². The van der Waals surface area contributed by atoms with Crippen molar-refractivity contribution in [3.05, 3.63) is 59.7 Å². The van der Waals surface area contributed by atoms with E-state index in [0.717, 1.165) is 16.4 Å². The molecule has 0 spiro atoms. The van der Waals surface area contributed by atoms with Crippen LogP contribution in [0.1, 0.15) is 23.2 Å². The van der Waals surface area contributed by atoms with Gasteiger partial charge in [-0.25, -0.2) is 17.2 Å². The Morgan fingerprint density at radius 3 is 2.35 bits per heavy atom. The molecule has 2 aromatic carbocycles. The Hall–Kier alpha value is -2.85. The van der Waals surface area contributed by atoms with Gasteiger partial charge in [-0.2, -0.15) is 4.31 Å². The molecule has 0 aromatic heterocycles. The molecule has 3 rings (SSSR count). The number of hydrogen-bond donors (Lipinski definition) is 0. The highest BCUT2D eigenvalue weighted by atomic mass is 32.2. The number of benzene rings is 2. The van der Waals surface area contributed by atoms with Gasteiger partial charge in [-0.1, -0.05) is 12.1 Å². The minimum Gasteiger partial charge on any atom is -0.494 e. The number of methoxy groups -OCH3 is 1. The number of Topliss-reactive ketones (excluding diaryl/α,β-unsaturated/α-hetero) is 1. The molecule has 166 valence electrons. The van der Waals surface area contributed by atoms with Gasteiger partial charge in [0.25, 0.3) is 0 Å². The Morgan fingerprint density at radius 1 is 1.06 bits per heavy atom. The van der Waals surface area contributed by atoms with E-state index in [1.807, 2.05) is 0 Å². The van der Waals surface area contributed by atoms with Crippen LogP contribution < -0.4 is 4.74 Å². The third-order valence-electron chi connectivity index (χ3n) is 5.06. The minimum absolute atomic E-state index is 0.00867. The second-order valence-electron chi connectivity index (χ2n) is 6.99. The molecule has 2 aromatic rings. The zero-order valence-corrected chi connectivity index (χ0v) is 17.5. The summed E-state index contributed by atoms with van der Waals surface area (Å²) in [6, 6.07) is 8.77. The SMILES string of the molecule is COc1ccc(C(=O)COC(=O)C2CCN(S(=O)(=O)c3ccccc3F)CC2)cc1F. The van der Waals surface area contributed by atoms with E-state index in [-0.39, 0.29) is 37.2 Å². The highest BCUT2D eigenvalue weighted by molar-refractivity contribution is 7.89. The van der Waals surface area contributed by atoms with Gasteiger partial charge in [-0.05, 0) is 43.2 Å². The molecule has 0 N–H and O–H groups in total. The van der Waals surface area contributed by atoms with Crippen molar-refractivity contribution in [2.24, 2.45) is 5.92 Å². The van der Waals surface area contributed by atoms with Gasteiger partial charge in [-0.3, -0.25) is 9.59 Å². The van der Waals surface area contributed by atoms with Crippen LogP contribution in [-0.2, 0) is 19.6 Å². The highest BCUT2D eigenvalue weighted by Crippen LogP contribution is 2.26. The first-order valence-corrected chi connectivity index (χ1v) is 11.0. The molecule has 1 aliphatic heterocycles. The Bertz CT molecular complexity index is 1080. The number of ketones is 1. The highest BCUT2D eigenvalue weighted by Gasteiger charge is 2.34. The van der Waals surface area contributed by atoms with Crippen molar-refractivity contribution in [1.29, 1.82) is 0 Å². The van der Waals surface area contributed by atoms with Crippen LogP contribution >= 0.6 is 0 Å². The van der Waals surface area contributed by atoms with Crippen LogP contribution in [0.2, 0.25) is 0 Å². The Morgan fingerprint density at radius 2 is 1.74 bits per heavy atom. The summed E-state index contributed by atoms with van der Waals surface area (Å²) in [6.45, 7) is -0.513. The zero-order chi connectivity index (χ0) is 22.6. The first kappa shape index (κ1) is 22.8. The number of hydrogen-bond acceptors (Lipinski definition) is 6. The van der Waals surface area contributed by atoms with Crippen molar-refractivity contribution in [3.63, 3.8) is 0 Å². The molecule has 0 bridgehead atoms. The number of carbonyl (C=O) groups excluding carboxylic acids is 2. The summed E-state index contributed by atoms with van der Waals surface area (Å²) in [7, 11) is -2.71. The quantitative estimate of drug-likeness (QED) is 0.473. The van der Waals surface area contributed by atoms with Gasteiger partial charge >= 0.3 is 5.97 Å². The monoisotopic (exact) mass is 453 g/mol. The van der Waals surface area contributed by atoms with Gasteiger partial charge in [0, 0.05) is 18.7 Å². The lowest BCUT2D eigenvalue weighted by Crippen LogP contribution is -2.41. The molecule has 1 fully saturated rings. The van der Waals surface area contributed by atoms with E-state index >= 15 is 0 Å². The maximum atomic E-state index is 13.9. The molecule has 0 aliphatic carbocycles. The first-order valence-electron chi connectivity index (χ1n) is 9.52. The molecular formula is C21H21F2NO6S. The molecule has 0 atom stereocenters. The van der Waals surface area contributed by atoms with Crippen molar-refractivity contribution in [1.82, 2.24) is 4.31 Å². The van der Waals surface area contributed by atoms with E-state index in [9.17, 15) is 26.8 Å². The average molecular weight is 453 g/mol. The predicted molar refractivity (Wildman–Crippen MR) is 106 cm³/mol. The van der Waals surface area contributed by atoms with Crippen molar-refractivity contribution < 1.29 is 36.3 Å². The summed E-state index contributed by atoms with van der Waals surface area (Å²) in [5.74, 6) is -3.35. The Labute approximate surface area is 178 Å². The number of sulfonamides is 1. The number of piperidine rings is 1. The van der Waals surface area contributed by atoms with Crippen molar-refractivity contribution in [3.8, 4) is 5.75 Å². The fourth-order valence-corrected chi connectivity index (χ4v) is 4.84. The molecule has 1 aliphatic rings. The van der Waals surface area contributed by atoms with Gasteiger partial charge < -0.3 is 9.47 Å². The van der Waals surface area contributed by atoms with Crippen LogP contribution in [0.25, 0.3) is 0 Å². The van der Waals surface area contributed by atoms with Gasteiger partial charge in [0.2, 0.25) is 10.0 Å². The second-order valence-corrected chi connectivity index (χ2v) is 8.90. The fourth-order valence-electron chi connectivity index (χ4n) is 3.30. The number of halogens is 2. The molecule has 1 heterocycles. The molecule has 10 heteroatoms. The van der Waals surface area contributed by atoms with E-state index in [0.29, 0.717) is 0 Å². The lowest BCUT2D eigenvalue weighted by atomic mass is 9.98. The van der Waals surface area contributed by atoms with Crippen molar-refractivity contribution in [2.75, 3.05) is 26.8 Å². The summed E-state index contributed by atoms with van der Waals surface area (Å²) in [5.41, 5.74) is 0.0388. The topological polar surface area (TPSA) is 90.0 Å². The predicted octanol–water partition coefficient (Wildman–Crippen LogP) is 2.80. The molecule has 1 saturated heterocycles. The van der Waals surface area contributed by atoms with Crippen molar-refractivity contribution >= 4 is 21.8 Å². The van der Waals surface area contributed by atoms with Crippen LogP contribution in [0, 0.1) is 17.6 Å². The van der Waals surface area contributed by atoms with E-state index < -0.39 is 50.8 Å². The smallest absolute Gasteiger partial charge is 0.309 e. The van der Waals surface area contributed by atoms with Crippen molar-refractivity contribution in [2.45, 2.75) is 17.7 Å². The van der Waals surface area contributed by atoms with Gasteiger partial charge in [0.1, 0.15) is 10.7 Å². The van der Waals surface area contributed by atoms with Gasteiger partial charge in [0.15, 0.2) is 24.0 Å². The number of ether oxygens (including phenoxy) is 2. The van der Waals surface area contributed by atoms with E-state index in [4.69, 9.17) is 9.47 Å². The molecule has 0 saturated carbocycles. The molecule has 0 amide bonds. The van der Waals surface area contributed by atoms with Crippen LogP contribution in [0.3, 0.4) is 0 Å². The standard InChI is InChI=1S/C21H21F2NO6S/c1-29-19-7-6-15(12-17(19)23)18(25)13-30-21(26)14-8-10-24(11-9-14)31(27,28)20-5-3-2-4-16(20)22/h2-7,12,14H,8-11,13H2,1H3. The summed E-state index contributed by atoms with van der Waals surface area (Å²) >= 11 is 0. The number of carbonyl (C=O) groups is 2. The maximum absolute atomic E-state index is 13.9. The average Bonchev–Trinajstić information content (AvgIpc) is 2.77. The van der Waals surface area contributed by atoms with Crippen LogP contribution in [0.4, 0.5) is 8.78 Å². The molecule has 7 nitrogen and oxygen atoms in total. The molecular weight excluding hydrogens is 432 g/mol. The third kappa shape index (κ3) is 5.08. The second kappa shape index (κ2) is 9.52. The number of nitrogens with zero attached hydrogens (tertiary/aromatic N) is 1. The summed E-state index contributed by atoms with van der Waals surface area (Å²) in [5, 5.41) is 0. The summed E-state index contributed by atoms with van der Waals surface area (Å²) in [6.07, 6.45) is 0.357. The lowest BCUT2D eigenvalue weighted by Gasteiger charge is -2.30. The summed E-state index contributed by atoms with van der Waals surface area (Å²) < 4.78 is 63.8. The van der Waals surface area contributed by atoms with Crippen LogP contribution in [0.5, 0.6) is 5.75 Å². The lowest BCUT2D eigenvalue weighted by molar-refractivity contribution is -0.148. The molecule has 0 unspecified atom stereocenters. The van der Waals surface area contributed by atoms with Crippen LogP contribution in [0.15, 0.2) is 47.4 Å². The minimum atomic E-state index is -4.01. The Balaban J connectivity index is 1.54. The normalized spacial score (nSPS) is 15.5. The molecule has 0 radical (unpaired) electrons. The van der Waals surface area contributed by atoms with Gasteiger partial charge in [0.05, 0.1) is 13.0 Å². The first-order chi connectivity index (χ1) is 14.7. The van der Waals surface area contributed by atoms with E-state index in [1.165, 1.54) is 37.4 Å². The molecule has 31 heavy (non-hydrogen) atoms. The largest absolute Gasteiger partial charge is 0.494 e. The zero-order valence-electron chi connectivity index (χ0n) is 16.7. The number of rotatable bonds is 7. The number of esters is 1. The summed E-state index contributed by atoms with van der Waals surface area (Å²) in [4.78, 5) is 24.0. The van der Waals surface area contributed by atoms with E-state index in [1.54, 1.807) is 0 Å². The third-order valence-corrected chi connectivity index (χ3v) is 6.99. The maximum Gasteiger partial charge on any atom is 0.309 e.